The number of hydrazine groups is 1. The smallest absolute Gasteiger partial charge is 0.0543 e. The quantitative estimate of drug-likeness (QED) is 0.400. The molecule has 3 saturated carbocycles. The third-order valence-electron chi connectivity index (χ3n) is 9.50. The maximum atomic E-state index is 10.2. The van der Waals surface area contributed by atoms with Crippen molar-refractivity contribution in [3.63, 3.8) is 0 Å². The summed E-state index contributed by atoms with van der Waals surface area (Å²) in [5.74, 6) is 10.2. The third-order valence-corrected chi connectivity index (χ3v) is 9.50. The summed E-state index contributed by atoms with van der Waals surface area (Å²) in [6.07, 6.45) is 15.3. The second-order valence-electron chi connectivity index (χ2n) is 10.1. The molecule has 9 atom stereocenters. The number of rotatable bonds is 3. The van der Waals surface area contributed by atoms with Crippen LogP contribution < -0.4 is 11.3 Å². The van der Waals surface area contributed by atoms with Crippen LogP contribution in [-0.2, 0) is 0 Å². The van der Waals surface area contributed by atoms with Gasteiger partial charge in [-0.05, 0) is 84.9 Å². The van der Waals surface area contributed by atoms with E-state index in [2.05, 4.69) is 52.9 Å². The number of nitrogens with one attached hydrogen (secondary N) is 1. The number of aliphatic hydroxyl groups excluding tert-OH is 1. The van der Waals surface area contributed by atoms with Crippen LogP contribution in [0.4, 0.5) is 0 Å². The zero-order chi connectivity index (χ0) is 19.7. The molecule has 0 aromatic rings. The van der Waals surface area contributed by atoms with Crippen molar-refractivity contribution in [2.45, 2.75) is 79.2 Å². The fourth-order valence-corrected chi connectivity index (χ4v) is 7.34. The van der Waals surface area contributed by atoms with Gasteiger partial charge in [0.05, 0.1) is 6.10 Å². The third kappa shape index (κ3) is 3.34. The summed E-state index contributed by atoms with van der Waals surface area (Å²) in [5, 5.41) is 10.2. The minimum atomic E-state index is -0.0426. The molecule has 3 rings (SSSR count). The molecule has 0 spiro atoms. The van der Waals surface area contributed by atoms with Gasteiger partial charge in [0, 0.05) is 6.54 Å². The van der Waals surface area contributed by atoms with Crippen LogP contribution >= 0.6 is 0 Å². The van der Waals surface area contributed by atoms with Crippen LogP contribution in [0.2, 0.25) is 0 Å². The number of terminal acetylenes is 1. The summed E-state index contributed by atoms with van der Waals surface area (Å²) in [6.45, 7) is 13.4. The summed E-state index contributed by atoms with van der Waals surface area (Å²) >= 11 is 0. The maximum absolute atomic E-state index is 10.2. The predicted molar refractivity (Wildman–Crippen MR) is 110 cm³/mol. The van der Waals surface area contributed by atoms with Crippen LogP contribution in [0.3, 0.4) is 0 Å². The molecule has 3 nitrogen and oxygen atoms in total. The van der Waals surface area contributed by atoms with Crippen molar-refractivity contribution < 1.29 is 5.11 Å². The average Bonchev–Trinajstić information content (AvgIpc) is 2.62. The molecule has 0 amide bonds. The Hall–Kier alpha value is -0.560. The van der Waals surface area contributed by atoms with Crippen molar-refractivity contribution in [1.29, 1.82) is 0 Å². The van der Waals surface area contributed by atoms with Gasteiger partial charge >= 0.3 is 0 Å². The number of nitrogens with two attached hydrogens (primary N) is 1. The van der Waals surface area contributed by atoms with E-state index in [0.29, 0.717) is 16.7 Å². The Balaban J connectivity index is 0.00000117. The molecule has 0 radical (unpaired) electrons. The van der Waals surface area contributed by atoms with Gasteiger partial charge in [0.2, 0.25) is 0 Å². The largest absolute Gasteiger partial charge is 0.393 e. The highest BCUT2D eigenvalue weighted by molar-refractivity contribution is 5.07. The normalized spacial score (nSPS) is 49.1. The van der Waals surface area contributed by atoms with Crippen LogP contribution in [0.15, 0.2) is 0 Å². The lowest BCUT2D eigenvalue weighted by Gasteiger charge is -2.63. The number of hydrogen-bond acceptors (Lipinski definition) is 3. The van der Waals surface area contributed by atoms with Gasteiger partial charge in [-0.2, -0.15) is 0 Å². The van der Waals surface area contributed by atoms with E-state index in [1.54, 1.807) is 0 Å². The molecule has 0 aromatic carbocycles. The Morgan fingerprint density at radius 1 is 1.15 bits per heavy atom. The van der Waals surface area contributed by atoms with E-state index < -0.39 is 0 Å². The van der Waals surface area contributed by atoms with Gasteiger partial charge in [-0.25, -0.2) is 0 Å². The summed E-state index contributed by atoms with van der Waals surface area (Å²) in [6, 6.07) is 0. The van der Waals surface area contributed by atoms with Crippen LogP contribution in [0.25, 0.3) is 0 Å². The number of fused-ring (bicyclic) bond motifs is 3. The molecule has 150 valence electrons. The van der Waals surface area contributed by atoms with Crippen LogP contribution in [0.5, 0.6) is 0 Å². The van der Waals surface area contributed by atoms with Crippen molar-refractivity contribution >= 4 is 0 Å². The molecule has 0 aromatic heterocycles. The van der Waals surface area contributed by atoms with Crippen molar-refractivity contribution in [3.8, 4) is 12.8 Å². The highest BCUT2D eigenvalue weighted by Gasteiger charge is 2.58. The number of hydrogen-bond donors (Lipinski definition) is 3. The Bertz CT molecular complexity index is 492. The molecule has 4 N–H and O–H groups in total. The first kappa shape index (κ1) is 21.7. The van der Waals surface area contributed by atoms with Gasteiger partial charge < -0.3 is 5.11 Å². The first-order chi connectivity index (χ1) is 12.2. The first-order valence-corrected chi connectivity index (χ1v) is 10.7. The highest BCUT2D eigenvalue weighted by atomic mass is 16.3. The zero-order valence-electron chi connectivity index (χ0n) is 17.7. The van der Waals surface area contributed by atoms with Gasteiger partial charge in [0.25, 0.3) is 0 Å². The first-order valence-electron chi connectivity index (χ1n) is 10.7. The average molecular weight is 363 g/mol. The minimum absolute atomic E-state index is 0.0426. The standard InChI is InChI=1S/C21H40N2O.C2H2/c1-13-10-19-18(15(3)21(13,5)14(2)12-23-22)7-6-16-11-17(24)8-9-20(16,19)4;1-2/h13-19,23-24H,6-12,22H2,1-5H3;1-2H/t13-,14+,15?,16?,17+,18?,19?,20-,21+;/m0./s1. The second-order valence-corrected chi connectivity index (χ2v) is 10.1. The van der Waals surface area contributed by atoms with E-state index in [1.165, 1.54) is 25.7 Å². The van der Waals surface area contributed by atoms with Gasteiger partial charge in [0.15, 0.2) is 0 Å². The fourth-order valence-electron chi connectivity index (χ4n) is 7.34. The Morgan fingerprint density at radius 2 is 1.81 bits per heavy atom. The molecule has 3 heteroatoms. The summed E-state index contributed by atoms with van der Waals surface area (Å²) in [4.78, 5) is 0. The molecular weight excluding hydrogens is 320 g/mol. The molecule has 0 heterocycles. The van der Waals surface area contributed by atoms with E-state index >= 15 is 0 Å². The Kier molecular flexibility index (Phi) is 6.86. The Morgan fingerprint density at radius 3 is 2.42 bits per heavy atom. The Labute approximate surface area is 161 Å². The van der Waals surface area contributed by atoms with Gasteiger partial charge in [-0.3, -0.25) is 11.3 Å². The van der Waals surface area contributed by atoms with E-state index in [4.69, 9.17) is 5.84 Å². The molecule has 3 fully saturated rings. The highest BCUT2D eigenvalue weighted by Crippen LogP contribution is 2.65. The lowest BCUT2D eigenvalue weighted by molar-refractivity contribution is -0.154. The predicted octanol–water partition coefficient (Wildman–Crippen LogP) is 4.21. The lowest BCUT2D eigenvalue weighted by Crippen LogP contribution is -2.58. The van der Waals surface area contributed by atoms with Gasteiger partial charge in [0.1, 0.15) is 0 Å². The topological polar surface area (TPSA) is 58.3 Å². The zero-order valence-corrected chi connectivity index (χ0v) is 17.7. The molecular formula is C23H42N2O. The summed E-state index contributed by atoms with van der Waals surface area (Å²) in [7, 11) is 0. The van der Waals surface area contributed by atoms with Crippen molar-refractivity contribution in [3.05, 3.63) is 0 Å². The van der Waals surface area contributed by atoms with Crippen LogP contribution in [0, 0.1) is 59.2 Å². The van der Waals surface area contributed by atoms with E-state index in [1.807, 2.05) is 0 Å². The SMILES string of the molecule is C#C.CC1C2CCC3C[C@H](O)CC[C@]3(C)C2C[C@H](C)[C@]1(C)[C@H](C)CNN. The van der Waals surface area contributed by atoms with Crippen molar-refractivity contribution in [2.24, 2.45) is 52.2 Å². The van der Waals surface area contributed by atoms with E-state index in [-0.39, 0.29) is 6.10 Å². The van der Waals surface area contributed by atoms with Crippen molar-refractivity contribution in [2.75, 3.05) is 6.54 Å². The van der Waals surface area contributed by atoms with Gasteiger partial charge in [-0.15, -0.1) is 12.8 Å². The van der Waals surface area contributed by atoms with Gasteiger partial charge in [-0.1, -0.05) is 34.6 Å². The molecule has 26 heavy (non-hydrogen) atoms. The lowest BCUT2D eigenvalue weighted by atomic mass is 9.42. The molecule has 3 aliphatic carbocycles. The van der Waals surface area contributed by atoms with Crippen molar-refractivity contribution in [1.82, 2.24) is 5.43 Å². The maximum Gasteiger partial charge on any atom is 0.0543 e. The van der Waals surface area contributed by atoms with Crippen LogP contribution in [-0.4, -0.2) is 17.8 Å². The summed E-state index contributed by atoms with van der Waals surface area (Å²) in [5.41, 5.74) is 3.76. The molecule has 0 saturated heterocycles. The van der Waals surface area contributed by atoms with Crippen LogP contribution in [0.1, 0.15) is 73.1 Å². The monoisotopic (exact) mass is 362 g/mol. The summed E-state index contributed by atoms with van der Waals surface area (Å²) < 4.78 is 0. The molecule has 0 bridgehead atoms. The second kappa shape index (κ2) is 8.21. The van der Waals surface area contributed by atoms with E-state index in [0.717, 1.165) is 49.0 Å². The minimum Gasteiger partial charge on any atom is -0.393 e. The van der Waals surface area contributed by atoms with E-state index in [9.17, 15) is 5.11 Å². The molecule has 4 unspecified atom stereocenters. The molecule has 3 aliphatic rings. The molecule has 0 aliphatic heterocycles. The number of aliphatic hydroxyl groups is 1. The fraction of sp³-hybridized carbons (Fsp3) is 0.913.